The van der Waals surface area contributed by atoms with Crippen molar-refractivity contribution in [1.29, 1.82) is 0 Å². The van der Waals surface area contributed by atoms with E-state index < -0.39 is 10.0 Å². The van der Waals surface area contributed by atoms with Crippen molar-refractivity contribution in [3.8, 4) is 5.75 Å². The van der Waals surface area contributed by atoms with Gasteiger partial charge < -0.3 is 10.1 Å². The third-order valence-corrected chi connectivity index (χ3v) is 6.67. The predicted molar refractivity (Wildman–Crippen MR) is 106 cm³/mol. The number of aryl methyl sites for hydroxylation is 2. The van der Waals surface area contributed by atoms with Gasteiger partial charge in [0.1, 0.15) is 5.75 Å². The minimum Gasteiger partial charge on any atom is -0.497 e. The van der Waals surface area contributed by atoms with E-state index in [1.54, 1.807) is 19.2 Å². The summed E-state index contributed by atoms with van der Waals surface area (Å²) in [6, 6.07) is 10.6. The van der Waals surface area contributed by atoms with Gasteiger partial charge in [-0.3, -0.25) is 4.31 Å². The number of hydrogen-bond acceptors (Lipinski definition) is 4. The van der Waals surface area contributed by atoms with Crippen LogP contribution >= 0.6 is 0 Å². The Labute approximate surface area is 156 Å². The summed E-state index contributed by atoms with van der Waals surface area (Å²) in [5.41, 5.74) is 3.64. The summed E-state index contributed by atoms with van der Waals surface area (Å²) in [4.78, 5) is 0.337. The van der Waals surface area contributed by atoms with Gasteiger partial charge in [-0.2, -0.15) is 0 Å². The predicted octanol–water partition coefficient (Wildman–Crippen LogP) is 3.97. The quantitative estimate of drug-likeness (QED) is 0.860. The number of ether oxygens (including phenoxy) is 1. The van der Waals surface area contributed by atoms with E-state index in [-0.39, 0.29) is 6.04 Å². The molecular weight excluding hydrogens is 348 g/mol. The maximum absolute atomic E-state index is 13.4. The van der Waals surface area contributed by atoms with Crippen LogP contribution in [0.2, 0.25) is 0 Å². The second-order valence-electron chi connectivity index (χ2n) is 6.90. The maximum Gasteiger partial charge on any atom is 0.264 e. The third-order valence-electron chi connectivity index (χ3n) is 4.68. The molecule has 26 heavy (non-hydrogen) atoms. The molecular formula is C20H26N2O3S. The highest BCUT2D eigenvalue weighted by molar-refractivity contribution is 7.92. The molecule has 1 aliphatic heterocycles. The fourth-order valence-corrected chi connectivity index (χ4v) is 5.19. The van der Waals surface area contributed by atoms with Gasteiger partial charge in [0.15, 0.2) is 0 Å². The summed E-state index contributed by atoms with van der Waals surface area (Å²) in [6.07, 6.45) is 1.91. The van der Waals surface area contributed by atoms with E-state index in [0.29, 0.717) is 16.3 Å². The van der Waals surface area contributed by atoms with Gasteiger partial charge in [0.2, 0.25) is 0 Å². The number of methoxy groups -OCH3 is 1. The van der Waals surface area contributed by atoms with Gasteiger partial charge in [-0.05, 0) is 81.1 Å². The van der Waals surface area contributed by atoms with Crippen LogP contribution in [0.4, 0.5) is 11.4 Å². The van der Waals surface area contributed by atoms with Crippen LogP contribution in [0.1, 0.15) is 31.4 Å². The van der Waals surface area contributed by atoms with Crippen LogP contribution < -0.4 is 14.4 Å². The van der Waals surface area contributed by atoms with Crippen LogP contribution in [-0.2, 0) is 16.4 Å². The van der Waals surface area contributed by atoms with Crippen LogP contribution in [0.3, 0.4) is 0 Å². The first-order valence-corrected chi connectivity index (χ1v) is 10.3. The van der Waals surface area contributed by atoms with Crippen molar-refractivity contribution in [1.82, 2.24) is 0 Å². The van der Waals surface area contributed by atoms with Crippen molar-refractivity contribution < 1.29 is 13.2 Å². The molecule has 6 heteroatoms. The third kappa shape index (κ3) is 3.38. The van der Waals surface area contributed by atoms with E-state index in [9.17, 15) is 8.42 Å². The molecule has 0 saturated carbocycles. The Morgan fingerprint density at radius 2 is 1.92 bits per heavy atom. The minimum atomic E-state index is -3.66. The number of fused-ring (bicyclic) bond motifs is 1. The summed E-state index contributed by atoms with van der Waals surface area (Å²) in [7, 11) is -2.06. The van der Waals surface area contributed by atoms with Gasteiger partial charge in [-0.25, -0.2) is 8.42 Å². The summed E-state index contributed by atoms with van der Waals surface area (Å²) in [6.45, 7) is 6.62. The fraction of sp³-hybridized carbons (Fsp3) is 0.400. The molecule has 0 aromatic heterocycles. The zero-order valence-electron chi connectivity index (χ0n) is 15.7. The number of hydrogen-bond donors (Lipinski definition) is 1. The monoisotopic (exact) mass is 374 g/mol. The molecule has 2 aromatic carbocycles. The van der Waals surface area contributed by atoms with Gasteiger partial charge in [0.05, 0.1) is 17.7 Å². The van der Waals surface area contributed by atoms with Gasteiger partial charge in [0.25, 0.3) is 10.0 Å². The lowest BCUT2D eigenvalue weighted by Gasteiger charge is -2.30. The molecule has 1 heterocycles. The number of benzene rings is 2. The van der Waals surface area contributed by atoms with Crippen molar-refractivity contribution in [2.24, 2.45) is 0 Å². The highest BCUT2D eigenvalue weighted by atomic mass is 32.2. The molecule has 1 aliphatic rings. The van der Waals surface area contributed by atoms with E-state index in [1.807, 2.05) is 45.0 Å². The topological polar surface area (TPSA) is 58.6 Å². The summed E-state index contributed by atoms with van der Waals surface area (Å²) in [5, 5.41) is 3.32. The molecule has 0 aliphatic carbocycles. The van der Waals surface area contributed by atoms with E-state index in [2.05, 4.69) is 5.32 Å². The highest BCUT2D eigenvalue weighted by Crippen LogP contribution is 2.33. The normalized spacial score (nSPS) is 13.9. The Kier molecular flexibility index (Phi) is 5.14. The SMILES string of the molecule is COc1ccc(N(C(C)C)S(=O)(=O)c2ccc3c(c2)CCCN3)c(C)c1. The minimum absolute atomic E-state index is 0.207. The molecule has 0 radical (unpaired) electrons. The second kappa shape index (κ2) is 7.19. The first-order valence-electron chi connectivity index (χ1n) is 8.90. The number of nitrogens with zero attached hydrogens (tertiary/aromatic N) is 1. The molecule has 0 fully saturated rings. The highest BCUT2D eigenvalue weighted by Gasteiger charge is 2.29. The van der Waals surface area contributed by atoms with E-state index in [1.165, 1.54) is 4.31 Å². The zero-order valence-corrected chi connectivity index (χ0v) is 16.6. The van der Waals surface area contributed by atoms with Crippen LogP contribution in [0.25, 0.3) is 0 Å². The summed E-state index contributed by atoms with van der Waals surface area (Å²) in [5.74, 6) is 0.715. The number of rotatable bonds is 5. The van der Waals surface area contributed by atoms with Crippen molar-refractivity contribution in [2.45, 2.75) is 44.6 Å². The Morgan fingerprint density at radius 3 is 2.58 bits per heavy atom. The van der Waals surface area contributed by atoms with E-state index in [0.717, 1.165) is 36.2 Å². The Balaban J connectivity index is 2.07. The van der Waals surface area contributed by atoms with Gasteiger partial charge in [0, 0.05) is 18.3 Å². The summed E-state index contributed by atoms with van der Waals surface area (Å²) < 4.78 is 33.6. The number of sulfonamides is 1. The van der Waals surface area contributed by atoms with E-state index in [4.69, 9.17) is 4.74 Å². The molecule has 0 unspecified atom stereocenters. The summed E-state index contributed by atoms with van der Waals surface area (Å²) >= 11 is 0. The first-order chi connectivity index (χ1) is 12.3. The maximum atomic E-state index is 13.4. The molecule has 2 aromatic rings. The molecule has 140 valence electrons. The molecule has 3 rings (SSSR count). The van der Waals surface area contributed by atoms with Crippen LogP contribution in [-0.4, -0.2) is 28.1 Å². The number of anilines is 2. The smallest absolute Gasteiger partial charge is 0.264 e. The lowest BCUT2D eigenvalue weighted by molar-refractivity contribution is 0.414. The zero-order chi connectivity index (χ0) is 18.9. The van der Waals surface area contributed by atoms with Crippen molar-refractivity contribution in [3.05, 3.63) is 47.5 Å². The molecule has 5 nitrogen and oxygen atoms in total. The lowest BCUT2D eigenvalue weighted by Crippen LogP contribution is -2.37. The molecule has 0 spiro atoms. The Hall–Kier alpha value is -2.21. The molecule has 0 atom stereocenters. The van der Waals surface area contributed by atoms with Crippen molar-refractivity contribution in [3.63, 3.8) is 0 Å². The lowest BCUT2D eigenvalue weighted by atomic mass is 10.0. The average Bonchev–Trinajstić information content (AvgIpc) is 2.62. The largest absolute Gasteiger partial charge is 0.497 e. The van der Waals surface area contributed by atoms with Crippen LogP contribution in [0, 0.1) is 6.92 Å². The Morgan fingerprint density at radius 1 is 1.15 bits per heavy atom. The second-order valence-corrected chi connectivity index (χ2v) is 8.71. The molecule has 1 N–H and O–H groups in total. The first kappa shape index (κ1) is 18.6. The van der Waals surface area contributed by atoms with Gasteiger partial charge >= 0.3 is 0 Å². The van der Waals surface area contributed by atoms with Gasteiger partial charge in [-0.1, -0.05) is 0 Å². The fourth-order valence-electron chi connectivity index (χ4n) is 3.41. The van der Waals surface area contributed by atoms with Crippen LogP contribution in [0.15, 0.2) is 41.3 Å². The van der Waals surface area contributed by atoms with Crippen molar-refractivity contribution >= 4 is 21.4 Å². The molecule has 0 bridgehead atoms. The van der Waals surface area contributed by atoms with Crippen LogP contribution in [0.5, 0.6) is 5.75 Å². The van der Waals surface area contributed by atoms with Crippen molar-refractivity contribution in [2.75, 3.05) is 23.3 Å². The Bertz CT molecular complexity index is 907. The molecule has 0 amide bonds. The van der Waals surface area contributed by atoms with Gasteiger partial charge in [-0.15, -0.1) is 0 Å². The number of nitrogens with one attached hydrogen (secondary N) is 1. The standard InChI is InChI=1S/C20H26N2O3S/c1-14(2)22(20-10-7-17(25-4)12-15(20)3)26(23,24)18-8-9-19-16(13-18)6-5-11-21-19/h7-10,12-14,21H,5-6,11H2,1-4H3. The average molecular weight is 375 g/mol. The van der Waals surface area contributed by atoms with E-state index >= 15 is 0 Å². The molecule has 0 saturated heterocycles.